The molecule has 1 rings (SSSR count). The van der Waals surface area contributed by atoms with Crippen LogP contribution in [-0.2, 0) is 4.74 Å². The third kappa shape index (κ3) is 4.97. The van der Waals surface area contributed by atoms with E-state index in [9.17, 15) is 0 Å². The Morgan fingerprint density at radius 2 is 1.94 bits per heavy atom. The molecule has 0 aliphatic heterocycles. The Bertz CT molecular complexity index is 210. The molecule has 0 heterocycles. The summed E-state index contributed by atoms with van der Waals surface area (Å²) in [6, 6.07) is 0.625. The Kier molecular flexibility index (Phi) is 5.46. The minimum Gasteiger partial charge on any atom is -0.378 e. The molecule has 0 aromatic carbocycles. The van der Waals surface area contributed by atoms with Gasteiger partial charge in [-0.05, 0) is 50.5 Å². The zero-order chi connectivity index (χ0) is 12.9. The van der Waals surface area contributed by atoms with Crippen LogP contribution in [0.1, 0.15) is 66.2 Å². The van der Waals surface area contributed by atoms with Crippen molar-refractivity contribution in [1.82, 2.24) is 5.32 Å². The van der Waals surface area contributed by atoms with Crippen LogP contribution in [0.5, 0.6) is 0 Å². The largest absolute Gasteiger partial charge is 0.378 e. The summed E-state index contributed by atoms with van der Waals surface area (Å²) in [7, 11) is 1.88. The van der Waals surface area contributed by atoms with Crippen LogP contribution in [0.2, 0.25) is 0 Å². The molecule has 0 spiro atoms. The highest BCUT2D eigenvalue weighted by atomic mass is 16.5. The van der Waals surface area contributed by atoms with Crippen molar-refractivity contribution in [1.29, 1.82) is 0 Å². The molecule has 1 saturated carbocycles. The predicted molar refractivity (Wildman–Crippen MR) is 74.4 cm³/mol. The molecule has 2 heteroatoms. The smallest absolute Gasteiger partial charge is 0.0693 e. The van der Waals surface area contributed by atoms with Gasteiger partial charge in [-0.1, -0.05) is 27.7 Å². The van der Waals surface area contributed by atoms with Crippen molar-refractivity contribution >= 4 is 0 Å². The quantitative estimate of drug-likeness (QED) is 0.733. The molecular weight excluding hydrogens is 210 g/mol. The molecule has 1 aliphatic carbocycles. The number of hydrogen-bond acceptors (Lipinski definition) is 2. The van der Waals surface area contributed by atoms with E-state index in [2.05, 4.69) is 33.0 Å². The summed E-state index contributed by atoms with van der Waals surface area (Å²) in [4.78, 5) is 0. The van der Waals surface area contributed by atoms with Gasteiger partial charge in [0.05, 0.1) is 5.60 Å². The van der Waals surface area contributed by atoms with Gasteiger partial charge in [-0.15, -0.1) is 0 Å². The Morgan fingerprint density at radius 3 is 2.29 bits per heavy atom. The number of nitrogens with one attached hydrogen (secondary N) is 1. The minimum absolute atomic E-state index is 0.199. The van der Waals surface area contributed by atoms with Crippen molar-refractivity contribution < 1.29 is 4.74 Å². The maximum Gasteiger partial charge on any atom is 0.0693 e. The van der Waals surface area contributed by atoms with Crippen molar-refractivity contribution in [3.8, 4) is 0 Å². The van der Waals surface area contributed by atoms with Gasteiger partial charge < -0.3 is 10.1 Å². The lowest BCUT2D eigenvalue weighted by atomic mass is 9.74. The van der Waals surface area contributed by atoms with Gasteiger partial charge in [0.25, 0.3) is 0 Å². The first kappa shape index (κ1) is 15.0. The lowest BCUT2D eigenvalue weighted by Crippen LogP contribution is -2.46. The fourth-order valence-corrected chi connectivity index (χ4v) is 2.68. The van der Waals surface area contributed by atoms with Crippen molar-refractivity contribution in [3.05, 3.63) is 0 Å². The molecule has 0 amide bonds. The fraction of sp³-hybridized carbons (Fsp3) is 1.00. The topological polar surface area (TPSA) is 21.3 Å². The average molecular weight is 241 g/mol. The number of ether oxygens (including phenoxy) is 1. The second-order valence-corrected chi connectivity index (χ2v) is 6.80. The Morgan fingerprint density at radius 1 is 1.29 bits per heavy atom. The molecule has 102 valence electrons. The van der Waals surface area contributed by atoms with Crippen LogP contribution in [0.15, 0.2) is 0 Å². The van der Waals surface area contributed by atoms with Crippen molar-refractivity contribution in [3.63, 3.8) is 0 Å². The standard InChI is InChI=1S/C15H31NO/c1-6-16-13(8-11-14(2,3)4)12-15(17-5)9-7-10-15/h13,16H,6-12H2,1-5H3. The molecule has 0 radical (unpaired) electrons. The fourth-order valence-electron chi connectivity index (χ4n) is 2.68. The van der Waals surface area contributed by atoms with Crippen LogP contribution in [0.4, 0.5) is 0 Å². The van der Waals surface area contributed by atoms with Crippen LogP contribution in [0.3, 0.4) is 0 Å². The van der Waals surface area contributed by atoms with Gasteiger partial charge >= 0.3 is 0 Å². The highest BCUT2D eigenvalue weighted by molar-refractivity contribution is 4.93. The monoisotopic (exact) mass is 241 g/mol. The van der Waals surface area contributed by atoms with Crippen LogP contribution in [0.25, 0.3) is 0 Å². The van der Waals surface area contributed by atoms with Crippen molar-refractivity contribution in [2.75, 3.05) is 13.7 Å². The first-order valence-electron chi connectivity index (χ1n) is 7.19. The highest BCUT2D eigenvalue weighted by Crippen LogP contribution is 2.39. The van der Waals surface area contributed by atoms with Crippen LogP contribution in [-0.4, -0.2) is 25.3 Å². The molecule has 17 heavy (non-hydrogen) atoms. The summed E-state index contributed by atoms with van der Waals surface area (Å²) >= 11 is 0. The Labute approximate surface area is 108 Å². The Balaban J connectivity index is 2.42. The van der Waals surface area contributed by atoms with Gasteiger partial charge in [-0.3, -0.25) is 0 Å². The molecular formula is C15H31NO. The van der Waals surface area contributed by atoms with E-state index in [0.717, 1.165) is 6.54 Å². The van der Waals surface area contributed by atoms with Crippen molar-refractivity contribution in [2.45, 2.75) is 77.9 Å². The van der Waals surface area contributed by atoms with Crippen LogP contribution >= 0.6 is 0 Å². The van der Waals surface area contributed by atoms with E-state index in [1.54, 1.807) is 0 Å². The van der Waals surface area contributed by atoms with Gasteiger partial charge in [-0.2, -0.15) is 0 Å². The summed E-state index contributed by atoms with van der Waals surface area (Å²) < 4.78 is 5.74. The van der Waals surface area contributed by atoms with Gasteiger partial charge in [0, 0.05) is 13.2 Å². The molecule has 2 nitrogen and oxygen atoms in total. The van der Waals surface area contributed by atoms with Gasteiger partial charge in [0.2, 0.25) is 0 Å². The molecule has 1 unspecified atom stereocenters. The van der Waals surface area contributed by atoms with Crippen LogP contribution in [0, 0.1) is 5.41 Å². The third-order valence-electron chi connectivity index (χ3n) is 4.05. The van der Waals surface area contributed by atoms with E-state index in [1.165, 1.54) is 38.5 Å². The average Bonchev–Trinajstić information content (AvgIpc) is 2.18. The first-order chi connectivity index (χ1) is 7.91. The SMILES string of the molecule is CCNC(CCC(C)(C)C)CC1(OC)CCC1. The molecule has 0 aromatic heterocycles. The molecule has 0 aromatic rings. The van der Waals surface area contributed by atoms with Gasteiger partial charge in [0.1, 0.15) is 0 Å². The second-order valence-electron chi connectivity index (χ2n) is 6.80. The lowest BCUT2D eigenvalue weighted by molar-refractivity contribution is -0.0842. The minimum atomic E-state index is 0.199. The highest BCUT2D eigenvalue weighted by Gasteiger charge is 2.38. The summed E-state index contributed by atoms with van der Waals surface area (Å²) in [6.07, 6.45) is 7.58. The van der Waals surface area contributed by atoms with Gasteiger partial charge in [0.15, 0.2) is 0 Å². The van der Waals surface area contributed by atoms with E-state index in [1.807, 2.05) is 7.11 Å². The van der Waals surface area contributed by atoms with Gasteiger partial charge in [-0.25, -0.2) is 0 Å². The zero-order valence-electron chi connectivity index (χ0n) is 12.4. The summed E-state index contributed by atoms with van der Waals surface area (Å²) in [5.41, 5.74) is 0.637. The normalized spacial score (nSPS) is 21.0. The maximum absolute atomic E-state index is 5.74. The zero-order valence-corrected chi connectivity index (χ0v) is 12.4. The van der Waals surface area contributed by atoms with E-state index < -0.39 is 0 Å². The lowest BCUT2D eigenvalue weighted by Gasteiger charge is -2.43. The molecule has 0 saturated heterocycles. The molecule has 1 N–H and O–H groups in total. The number of rotatable bonds is 7. The van der Waals surface area contributed by atoms with E-state index in [-0.39, 0.29) is 5.60 Å². The second kappa shape index (κ2) is 6.19. The predicted octanol–water partition coefficient (Wildman–Crippen LogP) is 3.75. The molecule has 1 atom stereocenters. The van der Waals surface area contributed by atoms with E-state index >= 15 is 0 Å². The summed E-state index contributed by atoms with van der Waals surface area (Å²) in [5.74, 6) is 0. The van der Waals surface area contributed by atoms with E-state index in [0.29, 0.717) is 11.5 Å². The summed E-state index contributed by atoms with van der Waals surface area (Å²) in [5, 5.41) is 3.63. The summed E-state index contributed by atoms with van der Waals surface area (Å²) in [6.45, 7) is 10.2. The number of methoxy groups -OCH3 is 1. The number of hydrogen-bond donors (Lipinski definition) is 1. The molecule has 0 bridgehead atoms. The third-order valence-corrected chi connectivity index (χ3v) is 4.05. The van der Waals surface area contributed by atoms with E-state index in [4.69, 9.17) is 4.74 Å². The maximum atomic E-state index is 5.74. The molecule has 1 fully saturated rings. The molecule has 1 aliphatic rings. The Hall–Kier alpha value is -0.0800. The first-order valence-corrected chi connectivity index (χ1v) is 7.19. The van der Waals surface area contributed by atoms with Crippen molar-refractivity contribution in [2.24, 2.45) is 5.41 Å². The van der Waals surface area contributed by atoms with Crippen LogP contribution < -0.4 is 5.32 Å².